The van der Waals surface area contributed by atoms with Gasteiger partial charge in [0.05, 0.1) is 11.1 Å². The predicted molar refractivity (Wildman–Crippen MR) is 99.5 cm³/mol. The Labute approximate surface area is 151 Å². The monoisotopic (exact) mass is 357 g/mol. The third-order valence-corrected chi connectivity index (χ3v) is 4.09. The van der Waals surface area contributed by atoms with E-state index in [1.165, 1.54) is 4.40 Å². The van der Waals surface area contributed by atoms with Crippen LogP contribution in [0.1, 0.15) is 32.8 Å². The van der Waals surface area contributed by atoms with Crippen LogP contribution in [0.5, 0.6) is 5.75 Å². The van der Waals surface area contributed by atoms with E-state index in [-0.39, 0.29) is 11.7 Å². The molecule has 0 aromatic carbocycles. The Morgan fingerprint density at radius 2 is 2.12 bits per heavy atom. The number of nitrogens with zero attached hydrogens (tertiary/aromatic N) is 3. The minimum absolute atomic E-state index is 0.0927. The van der Waals surface area contributed by atoms with Crippen molar-refractivity contribution in [3.63, 3.8) is 0 Å². The molecule has 25 heavy (non-hydrogen) atoms. The minimum Gasteiger partial charge on any atom is -0.486 e. The van der Waals surface area contributed by atoms with E-state index in [1.807, 2.05) is 32.9 Å². The van der Waals surface area contributed by atoms with E-state index in [0.717, 1.165) is 12.0 Å². The number of aryl methyl sites for hydroxylation is 1. The van der Waals surface area contributed by atoms with E-state index in [0.29, 0.717) is 34.0 Å². The Hall–Kier alpha value is -2.40. The smallest absolute Gasteiger partial charge is 0.261 e. The van der Waals surface area contributed by atoms with Crippen molar-refractivity contribution in [2.45, 2.75) is 39.7 Å². The van der Waals surface area contributed by atoms with Crippen LogP contribution in [0.25, 0.3) is 16.8 Å². The van der Waals surface area contributed by atoms with Crippen molar-refractivity contribution < 1.29 is 4.74 Å². The van der Waals surface area contributed by atoms with Crippen LogP contribution >= 0.6 is 11.6 Å². The summed E-state index contributed by atoms with van der Waals surface area (Å²) in [5, 5.41) is 0.425. The fourth-order valence-electron chi connectivity index (χ4n) is 2.76. The zero-order valence-electron chi connectivity index (χ0n) is 14.5. The van der Waals surface area contributed by atoms with Gasteiger partial charge in [0.1, 0.15) is 0 Å². The number of rotatable bonds is 5. The maximum Gasteiger partial charge on any atom is 0.261 e. The van der Waals surface area contributed by atoms with Gasteiger partial charge in [0.2, 0.25) is 0 Å². The van der Waals surface area contributed by atoms with E-state index < -0.39 is 0 Å². The van der Waals surface area contributed by atoms with Crippen molar-refractivity contribution in [2.75, 3.05) is 0 Å². The van der Waals surface area contributed by atoms with Gasteiger partial charge in [-0.2, -0.15) is 0 Å². The molecule has 3 heterocycles. The molecule has 0 saturated heterocycles. The highest BCUT2D eigenvalue weighted by Gasteiger charge is 2.20. The molecule has 0 radical (unpaired) electrons. The van der Waals surface area contributed by atoms with Gasteiger partial charge in [-0.3, -0.25) is 14.2 Å². The molecule has 0 aliphatic heterocycles. The first-order valence-corrected chi connectivity index (χ1v) is 8.70. The molecule has 0 bridgehead atoms. The molecule has 0 unspecified atom stereocenters. The summed E-state index contributed by atoms with van der Waals surface area (Å²) in [6.07, 6.45) is 8.12. The quantitative estimate of drug-likeness (QED) is 0.688. The number of hydrogen-bond donors (Lipinski definition) is 0. The van der Waals surface area contributed by atoms with Gasteiger partial charge in [0, 0.05) is 41.5 Å². The number of halogens is 1. The minimum atomic E-state index is -0.111. The number of ether oxygens (including phenoxy) is 1. The lowest BCUT2D eigenvalue weighted by Gasteiger charge is -2.18. The third kappa shape index (κ3) is 3.37. The van der Waals surface area contributed by atoms with Gasteiger partial charge in [0.15, 0.2) is 11.4 Å². The lowest BCUT2D eigenvalue weighted by Crippen LogP contribution is -2.21. The van der Waals surface area contributed by atoms with Crippen LogP contribution in [-0.2, 0) is 6.42 Å². The van der Waals surface area contributed by atoms with Crippen molar-refractivity contribution in [3.05, 3.63) is 57.9 Å². The first-order chi connectivity index (χ1) is 12.0. The second-order valence-corrected chi connectivity index (χ2v) is 6.53. The molecule has 0 spiro atoms. The summed E-state index contributed by atoms with van der Waals surface area (Å²) in [6.45, 7) is 5.88. The normalized spacial score (nSPS) is 11.2. The summed E-state index contributed by atoms with van der Waals surface area (Å²) >= 11 is 6.53. The molecule has 0 fully saturated rings. The van der Waals surface area contributed by atoms with Gasteiger partial charge >= 0.3 is 0 Å². The van der Waals surface area contributed by atoms with Gasteiger partial charge in [-0.1, -0.05) is 31.0 Å². The summed E-state index contributed by atoms with van der Waals surface area (Å²) in [5.41, 5.74) is 2.53. The molecule has 3 rings (SSSR count). The molecule has 0 aliphatic carbocycles. The van der Waals surface area contributed by atoms with Crippen molar-refractivity contribution in [1.82, 2.24) is 14.4 Å². The standard InChI is InChI=1S/C19H20ClN3O2/c1-4-6-14-10-22-18-17(25-12(2)3)16(13-7-5-8-21-9-13)15(20)11-23(18)19(14)24/h5,7-12H,4,6H2,1-3H3. The SMILES string of the molecule is CCCc1cnc2c(OC(C)C)c(-c3cccnc3)c(Cl)cn2c1=O. The predicted octanol–water partition coefficient (Wildman–Crippen LogP) is 4.15. The maximum absolute atomic E-state index is 12.8. The Morgan fingerprint density at radius 1 is 1.32 bits per heavy atom. The van der Waals surface area contributed by atoms with E-state index in [4.69, 9.17) is 16.3 Å². The zero-order chi connectivity index (χ0) is 18.0. The molecule has 6 heteroatoms. The Kier molecular flexibility index (Phi) is 5.04. The molecule has 3 aromatic rings. The molecule has 0 aliphatic rings. The lowest BCUT2D eigenvalue weighted by molar-refractivity contribution is 0.245. The van der Waals surface area contributed by atoms with E-state index >= 15 is 0 Å². The second kappa shape index (κ2) is 7.23. The Bertz CT molecular complexity index is 952. The van der Waals surface area contributed by atoms with Crippen LogP contribution < -0.4 is 10.3 Å². The first-order valence-electron chi connectivity index (χ1n) is 8.32. The van der Waals surface area contributed by atoms with Gasteiger partial charge in [-0.05, 0) is 26.3 Å². The Balaban J connectivity index is 2.35. The van der Waals surface area contributed by atoms with Crippen LogP contribution in [0, 0.1) is 0 Å². The van der Waals surface area contributed by atoms with Crippen LogP contribution in [0.15, 0.2) is 41.7 Å². The highest BCUT2D eigenvalue weighted by Crippen LogP contribution is 2.38. The van der Waals surface area contributed by atoms with Gasteiger partial charge in [-0.15, -0.1) is 0 Å². The van der Waals surface area contributed by atoms with Crippen LogP contribution in [-0.4, -0.2) is 20.5 Å². The van der Waals surface area contributed by atoms with Crippen molar-refractivity contribution in [3.8, 4) is 16.9 Å². The van der Waals surface area contributed by atoms with Crippen LogP contribution in [0.2, 0.25) is 5.02 Å². The largest absolute Gasteiger partial charge is 0.486 e. The van der Waals surface area contributed by atoms with Crippen molar-refractivity contribution in [1.29, 1.82) is 0 Å². The molecule has 0 N–H and O–H groups in total. The number of pyridine rings is 2. The summed E-state index contributed by atoms with van der Waals surface area (Å²) in [4.78, 5) is 21.4. The van der Waals surface area contributed by atoms with Gasteiger partial charge in [-0.25, -0.2) is 4.98 Å². The van der Waals surface area contributed by atoms with E-state index in [2.05, 4.69) is 9.97 Å². The first kappa shape index (κ1) is 17.4. The summed E-state index contributed by atoms with van der Waals surface area (Å²) in [6, 6.07) is 3.74. The lowest BCUT2D eigenvalue weighted by atomic mass is 10.1. The van der Waals surface area contributed by atoms with Gasteiger partial charge < -0.3 is 4.74 Å². The number of aromatic nitrogens is 3. The van der Waals surface area contributed by atoms with Crippen LogP contribution in [0.4, 0.5) is 0 Å². The average molecular weight is 358 g/mol. The van der Waals surface area contributed by atoms with E-state index in [1.54, 1.807) is 24.8 Å². The van der Waals surface area contributed by atoms with Crippen molar-refractivity contribution >= 4 is 17.2 Å². The molecule has 0 amide bonds. The summed E-state index contributed by atoms with van der Waals surface area (Å²) < 4.78 is 7.49. The fraction of sp³-hybridized carbons (Fsp3) is 0.316. The highest BCUT2D eigenvalue weighted by molar-refractivity contribution is 6.33. The molecular weight excluding hydrogens is 338 g/mol. The zero-order valence-corrected chi connectivity index (χ0v) is 15.2. The molecule has 0 saturated carbocycles. The molecule has 130 valence electrons. The molecule has 0 atom stereocenters. The maximum atomic E-state index is 12.8. The molecule has 3 aromatic heterocycles. The highest BCUT2D eigenvalue weighted by atomic mass is 35.5. The molecule has 5 nitrogen and oxygen atoms in total. The van der Waals surface area contributed by atoms with Crippen LogP contribution in [0.3, 0.4) is 0 Å². The third-order valence-electron chi connectivity index (χ3n) is 3.80. The fourth-order valence-corrected chi connectivity index (χ4v) is 3.05. The Morgan fingerprint density at radius 3 is 2.76 bits per heavy atom. The second-order valence-electron chi connectivity index (χ2n) is 6.12. The summed E-state index contributed by atoms with van der Waals surface area (Å²) in [5.74, 6) is 0.496. The number of fused-ring (bicyclic) bond motifs is 1. The van der Waals surface area contributed by atoms with Gasteiger partial charge in [0.25, 0.3) is 5.56 Å². The number of hydrogen-bond acceptors (Lipinski definition) is 4. The van der Waals surface area contributed by atoms with E-state index in [9.17, 15) is 4.79 Å². The topological polar surface area (TPSA) is 56.5 Å². The average Bonchev–Trinajstić information content (AvgIpc) is 2.58. The molecular formula is C19H20ClN3O2. The summed E-state index contributed by atoms with van der Waals surface area (Å²) in [7, 11) is 0. The van der Waals surface area contributed by atoms with Crippen molar-refractivity contribution in [2.24, 2.45) is 0 Å².